The van der Waals surface area contributed by atoms with Crippen molar-refractivity contribution in [2.24, 2.45) is 5.92 Å². The predicted octanol–water partition coefficient (Wildman–Crippen LogP) is 3.12. The maximum atomic E-state index is 12.5. The molecule has 0 bridgehead atoms. The molecule has 0 saturated heterocycles. The van der Waals surface area contributed by atoms with Gasteiger partial charge in [-0.2, -0.15) is 13.2 Å². The summed E-state index contributed by atoms with van der Waals surface area (Å²) in [5, 5.41) is 8.57. The summed E-state index contributed by atoms with van der Waals surface area (Å²) in [5.41, 5.74) is 0. The van der Waals surface area contributed by atoms with Gasteiger partial charge >= 0.3 is 12.1 Å². The van der Waals surface area contributed by atoms with Gasteiger partial charge < -0.3 is 14.6 Å². The van der Waals surface area contributed by atoms with E-state index in [1.807, 2.05) is 6.92 Å². The maximum absolute atomic E-state index is 12.5. The lowest BCUT2D eigenvalue weighted by Crippen LogP contribution is -2.35. The molecule has 1 N–H and O–H groups in total. The van der Waals surface area contributed by atoms with Crippen LogP contribution >= 0.6 is 0 Å². The number of rotatable bonds is 7. The molecule has 7 heteroatoms. The van der Waals surface area contributed by atoms with E-state index in [1.54, 1.807) is 18.2 Å². The largest absolute Gasteiger partial charge is 0.490 e. The highest BCUT2D eigenvalue weighted by Crippen LogP contribution is 2.30. The second kappa shape index (κ2) is 7.02. The van der Waals surface area contributed by atoms with Crippen molar-refractivity contribution in [2.45, 2.75) is 19.5 Å². The van der Waals surface area contributed by atoms with E-state index in [0.29, 0.717) is 12.4 Å². The third kappa shape index (κ3) is 4.64. The fourth-order valence-electron chi connectivity index (χ4n) is 1.38. The lowest BCUT2D eigenvalue weighted by atomic mass is 10.1. The van der Waals surface area contributed by atoms with E-state index >= 15 is 0 Å². The van der Waals surface area contributed by atoms with Crippen LogP contribution in [0.2, 0.25) is 0 Å². The van der Waals surface area contributed by atoms with Gasteiger partial charge in [-0.05, 0) is 18.6 Å². The van der Waals surface area contributed by atoms with Crippen LogP contribution in [0.3, 0.4) is 0 Å². The number of carbonyl (C=O) groups is 1. The number of ether oxygens (including phenoxy) is 2. The van der Waals surface area contributed by atoms with Crippen LogP contribution in [-0.2, 0) is 4.79 Å². The SMILES string of the molecule is CCCOc1ccccc1OCC(C(=O)O)C(F)(F)F. The molecule has 0 aliphatic heterocycles. The van der Waals surface area contributed by atoms with Crippen LogP contribution in [0.5, 0.6) is 11.5 Å². The zero-order chi connectivity index (χ0) is 15.2. The van der Waals surface area contributed by atoms with E-state index in [2.05, 4.69) is 0 Å². The average molecular weight is 292 g/mol. The zero-order valence-corrected chi connectivity index (χ0v) is 10.8. The molecule has 1 unspecified atom stereocenters. The van der Waals surface area contributed by atoms with E-state index in [1.165, 1.54) is 6.07 Å². The molecule has 0 aliphatic rings. The highest BCUT2D eigenvalue weighted by atomic mass is 19.4. The molecule has 1 rings (SSSR count). The summed E-state index contributed by atoms with van der Waals surface area (Å²) in [6, 6.07) is 6.20. The molecule has 1 atom stereocenters. The Morgan fingerprint density at radius 3 is 2.25 bits per heavy atom. The maximum Gasteiger partial charge on any atom is 0.405 e. The first kappa shape index (κ1) is 16.1. The van der Waals surface area contributed by atoms with E-state index in [9.17, 15) is 18.0 Å². The van der Waals surface area contributed by atoms with Gasteiger partial charge in [-0.15, -0.1) is 0 Å². The molecule has 0 spiro atoms. The first-order valence-electron chi connectivity index (χ1n) is 6.00. The molecular weight excluding hydrogens is 277 g/mol. The van der Waals surface area contributed by atoms with E-state index < -0.39 is 24.7 Å². The lowest BCUT2D eigenvalue weighted by molar-refractivity contribution is -0.198. The molecular formula is C13H15F3O4. The summed E-state index contributed by atoms with van der Waals surface area (Å²) >= 11 is 0. The van der Waals surface area contributed by atoms with Gasteiger partial charge in [-0.3, -0.25) is 4.79 Å². The number of hydrogen-bond acceptors (Lipinski definition) is 3. The van der Waals surface area contributed by atoms with Crippen LogP contribution in [0, 0.1) is 5.92 Å². The van der Waals surface area contributed by atoms with Crippen LogP contribution in [0.25, 0.3) is 0 Å². The van der Waals surface area contributed by atoms with Crippen molar-refractivity contribution in [3.8, 4) is 11.5 Å². The van der Waals surface area contributed by atoms with Crippen LogP contribution < -0.4 is 9.47 Å². The predicted molar refractivity (Wildman–Crippen MR) is 64.9 cm³/mol. The first-order chi connectivity index (χ1) is 9.36. The molecule has 0 aromatic heterocycles. The molecule has 1 aromatic rings. The summed E-state index contributed by atoms with van der Waals surface area (Å²) in [6.45, 7) is 1.28. The van der Waals surface area contributed by atoms with Gasteiger partial charge in [0.15, 0.2) is 17.4 Å². The van der Waals surface area contributed by atoms with E-state index in [0.717, 1.165) is 6.42 Å². The third-order valence-corrected chi connectivity index (χ3v) is 2.41. The van der Waals surface area contributed by atoms with Gasteiger partial charge in [0.25, 0.3) is 0 Å². The molecule has 4 nitrogen and oxygen atoms in total. The highest BCUT2D eigenvalue weighted by Gasteiger charge is 2.45. The van der Waals surface area contributed by atoms with Crippen LogP contribution in [0.15, 0.2) is 24.3 Å². The molecule has 112 valence electrons. The van der Waals surface area contributed by atoms with Crippen molar-refractivity contribution in [3.05, 3.63) is 24.3 Å². The number of hydrogen-bond donors (Lipinski definition) is 1. The fraction of sp³-hybridized carbons (Fsp3) is 0.462. The highest BCUT2D eigenvalue weighted by molar-refractivity contribution is 5.71. The fourth-order valence-corrected chi connectivity index (χ4v) is 1.38. The molecule has 0 heterocycles. The second-order valence-corrected chi connectivity index (χ2v) is 4.04. The molecule has 0 radical (unpaired) electrons. The Morgan fingerprint density at radius 1 is 1.25 bits per heavy atom. The molecule has 0 amide bonds. The Labute approximate surface area is 114 Å². The Hall–Kier alpha value is -1.92. The minimum atomic E-state index is -4.86. The number of alkyl halides is 3. The van der Waals surface area contributed by atoms with Crippen molar-refractivity contribution in [1.82, 2.24) is 0 Å². The Kier molecular flexibility index (Phi) is 5.66. The summed E-state index contributed by atoms with van der Waals surface area (Å²) in [5.74, 6) is -4.15. The number of para-hydroxylation sites is 2. The van der Waals surface area contributed by atoms with Gasteiger partial charge in [0.05, 0.1) is 6.61 Å². The van der Waals surface area contributed by atoms with Crippen molar-refractivity contribution in [3.63, 3.8) is 0 Å². The van der Waals surface area contributed by atoms with Gasteiger partial charge in [-0.1, -0.05) is 19.1 Å². The monoisotopic (exact) mass is 292 g/mol. The normalized spacial score (nSPS) is 12.8. The Balaban J connectivity index is 2.75. The van der Waals surface area contributed by atoms with Crippen molar-refractivity contribution >= 4 is 5.97 Å². The van der Waals surface area contributed by atoms with Crippen LogP contribution in [0.1, 0.15) is 13.3 Å². The van der Waals surface area contributed by atoms with Crippen molar-refractivity contribution < 1.29 is 32.5 Å². The second-order valence-electron chi connectivity index (χ2n) is 4.04. The molecule has 20 heavy (non-hydrogen) atoms. The average Bonchev–Trinajstić information content (AvgIpc) is 2.35. The van der Waals surface area contributed by atoms with Crippen molar-refractivity contribution in [2.75, 3.05) is 13.2 Å². The minimum absolute atomic E-state index is 0.0939. The summed E-state index contributed by atoms with van der Waals surface area (Å²) in [7, 11) is 0. The first-order valence-corrected chi connectivity index (χ1v) is 6.00. The summed E-state index contributed by atoms with van der Waals surface area (Å²) < 4.78 is 47.7. The lowest BCUT2D eigenvalue weighted by Gasteiger charge is -2.18. The molecule has 1 aromatic carbocycles. The Bertz CT molecular complexity index is 445. The number of carboxylic acids is 1. The standard InChI is InChI=1S/C13H15F3O4/c1-2-7-19-10-5-3-4-6-11(10)20-8-9(12(17)18)13(14,15)16/h3-6,9H,2,7-8H2,1H3,(H,17,18). The van der Waals surface area contributed by atoms with Crippen LogP contribution in [-0.4, -0.2) is 30.5 Å². The zero-order valence-electron chi connectivity index (χ0n) is 10.8. The smallest absolute Gasteiger partial charge is 0.405 e. The Morgan fingerprint density at radius 2 is 1.80 bits per heavy atom. The van der Waals surface area contributed by atoms with Gasteiger partial charge in [0.1, 0.15) is 6.61 Å². The minimum Gasteiger partial charge on any atom is -0.490 e. The topological polar surface area (TPSA) is 55.8 Å². The number of benzene rings is 1. The number of halogens is 3. The van der Waals surface area contributed by atoms with E-state index in [4.69, 9.17) is 14.6 Å². The van der Waals surface area contributed by atoms with Gasteiger partial charge in [-0.25, -0.2) is 0 Å². The quantitative estimate of drug-likeness (QED) is 0.839. The van der Waals surface area contributed by atoms with Crippen molar-refractivity contribution in [1.29, 1.82) is 0 Å². The molecule has 0 saturated carbocycles. The molecule has 0 fully saturated rings. The van der Waals surface area contributed by atoms with Gasteiger partial charge in [0, 0.05) is 0 Å². The number of aliphatic carboxylic acids is 1. The third-order valence-electron chi connectivity index (χ3n) is 2.41. The summed E-state index contributed by atoms with van der Waals surface area (Å²) in [6.07, 6.45) is -4.13. The summed E-state index contributed by atoms with van der Waals surface area (Å²) in [4.78, 5) is 10.6. The molecule has 0 aliphatic carbocycles. The van der Waals surface area contributed by atoms with E-state index in [-0.39, 0.29) is 5.75 Å². The van der Waals surface area contributed by atoms with Gasteiger partial charge in [0.2, 0.25) is 0 Å². The van der Waals surface area contributed by atoms with Crippen LogP contribution in [0.4, 0.5) is 13.2 Å². The number of carboxylic acid groups (broad SMARTS) is 1.